The molecule has 0 spiro atoms. The molecular formula is C20H14F2N2OS2. The zero-order valence-corrected chi connectivity index (χ0v) is 15.6. The zero-order chi connectivity index (χ0) is 18.8. The van der Waals surface area contributed by atoms with Crippen LogP contribution < -0.4 is 0 Å². The molecule has 0 bridgehead atoms. The summed E-state index contributed by atoms with van der Waals surface area (Å²) in [5, 5.41) is 14.0. The lowest BCUT2D eigenvalue weighted by Crippen LogP contribution is -2.01. The normalized spacial score (nSPS) is 12.4. The van der Waals surface area contributed by atoms with E-state index in [-0.39, 0.29) is 11.6 Å². The highest BCUT2D eigenvalue weighted by Crippen LogP contribution is 2.38. The van der Waals surface area contributed by atoms with Crippen molar-refractivity contribution in [3.8, 4) is 11.1 Å². The summed E-state index contributed by atoms with van der Waals surface area (Å²) < 4.78 is 26.3. The van der Waals surface area contributed by atoms with Gasteiger partial charge >= 0.3 is 0 Å². The summed E-state index contributed by atoms with van der Waals surface area (Å²) in [6, 6.07) is 12.1. The van der Waals surface area contributed by atoms with Crippen LogP contribution in [0.15, 0.2) is 65.3 Å². The summed E-state index contributed by atoms with van der Waals surface area (Å²) in [5.41, 5.74) is 2.48. The number of fused-ring (bicyclic) bond motifs is 1. The Morgan fingerprint density at radius 1 is 0.963 bits per heavy atom. The van der Waals surface area contributed by atoms with Gasteiger partial charge in [-0.25, -0.2) is 18.7 Å². The van der Waals surface area contributed by atoms with Crippen LogP contribution in [-0.4, -0.2) is 20.8 Å². The number of thiophene rings is 1. The van der Waals surface area contributed by atoms with Gasteiger partial charge in [-0.05, 0) is 35.4 Å². The van der Waals surface area contributed by atoms with Gasteiger partial charge in [-0.2, -0.15) is 0 Å². The molecular weight excluding hydrogens is 386 g/mol. The largest absolute Gasteiger partial charge is 0.388 e. The first-order chi connectivity index (χ1) is 13.1. The molecule has 0 aliphatic rings. The van der Waals surface area contributed by atoms with Gasteiger partial charge in [-0.1, -0.05) is 24.3 Å². The second-order valence-electron chi connectivity index (χ2n) is 5.89. The minimum absolute atomic E-state index is 0.286. The Hall–Kier alpha value is -2.35. The zero-order valence-electron chi connectivity index (χ0n) is 14.0. The molecule has 4 aromatic rings. The fourth-order valence-corrected chi connectivity index (χ4v) is 4.70. The molecule has 0 amide bonds. The third kappa shape index (κ3) is 3.85. The van der Waals surface area contributed by atoms with Crippen molar-refractivity contribution in [2.75, 3.05) is 5.75 Å². The van der Waals surface area contributed by atoms with Gasteiger partial charge < -0.3 is 5.11 Å². The lowest BCUT2D eigenvalue weighted by atomic mass is 10.1. The smallest absolute Gasteiger partial charge is 0.128 e. The van der Waals surface area contributed by atoms with E-state index in [4.69, 9.17) is 0 Å². The van der Waals surface area contributed by atoms with E-state index >= 15 is 0 Å². The quantitative estimate of drug-likeness (QED) is 0.357. The first kappa shape index (κ1) is 18.0. The predicted octanol–water partition coefficient (Wildman–Crippen LogP) is 5.46. The number of nitrogens with zero attached hydrogens (tertiary/aromatic N) is 2. The monoisotopic (exact) mass is 400 g/mol. The molecule has 0 saturated heterocycles. The summed E-state index contributed by atoms with van der Waals surface area (Å²) in [4.78, 5) is 9.53. The third-order valence-electron chi connectivity index (χ3n) is 4.12. The number of hydrogen-bond acceptors (Lipinski definition) is 5. The molecule has 0 fully saturated rings. The molecule has 0 unspecified atom stereocenters. The molecule has 136 valence electrons. The molecule has 1 N–H and O–H groups in total. The van der Waals surface area contributed by atoms with E-state index in [1.165, 1.54) is 53.7 Å². The van der Waals surface area contributed by atoms with E-state index in [0.717, 1.165) is 26.4 Å². The molecule has 4 rings (SSSR count). The van der Waals surface area contributed by atoms with Crippen molar-refractivity contribution in [1.29, 1.82) is 0 Å². The van der Waals surface area contributed by atoms with E-state index in [1.54, 1.807) is 24.3 Å². The van der Waals surface area contributed by atoms with Crippen molar-refractivity contribution < 1.29 is 13.9 Å². The van der Waals surface area contributed by atoms with Crippen molar-refractivity contribution >= 4 is 33.3 Å². The van der Waals surface area contributed by atoms with Gasteiger partial charge in [0.25, 0.3) is 0 Å². The second-order valence-corrected chi connectivity index (χ2v) is 7.76. The first-order valence-corrected chi connectivity index (χ1v) is 10.0. The Kier molecular flexibility index (Phi) is 5.15. The standard InChI is InChI=1S/C20H14F2N2OS2/c21-14-5-1-12(2-6-14)16-9-26-19-18(16)20(24-11-23-19)27-10-17(25)13-3-7-15(22)8-4-13/h1-9,11,17,25H,10H2/t17-/m0/s1. The summed E-state index contributed by atoms with van der Waals surface area (Å²) in [5.74, 6) is -0.249. The molecule has 0 aliphatic heterocycles. The van der Waals surface area contributed by atoms with Crippen LogP contribution in [-0.2, 0) is 0 Å². The molecule has 0 saturated carbocycles. The molecule has 1 atom stereocenters. The summed E-state index contributed by atoms with van der Waals surface area (Å²) in [6.07, 6.45) is 0.758. The third-order valence-corrected chi connectivity index (χ3v) is 6.08. The number of benzene rings is 2. The Morgan fingerprint density at radius 3 is 2.33 bits per heavy atom. The highest BCUT2D eigenvalue weighted by atomic mass is 32.2. The lowest BCUT2D eigenvalue weighted by molar-refractivity contribution is 0.204. The van der Waals surface area contributed by atoms with Crippen molar-refractivity contribution in [3.05, 3.63) is 77.4 Å². The minimum Gasteiger partial charge on any atom is -0.388 e. The molecule has 7 heteroatoms. The van der Waals surface area contributed by atoms with Gasteiger partial charge in [0, 0.05) is 16.7 Å². The van der Waals surface area contributed by atoms with Crippen LogP contribution in [0.4, 0.5) is 8.78 Å². The molecule has 27 heavy (non-hydrogen) atoms. The van der Waals surface area contributed by atoms with Crippen LogP contribution in [0, 0.1) is 11.6 Å². The number of aliphatic hydroxyl groups is 1. The summed E-state index contributed by atoms with van der Waals surface area (Å²) in [6.45, 7) is 0. The van der Waals surface area contributed by atoms with Gasteiger partial charge in [0.15, 0.2) is 0 Å². The van der Waals surface area contributed by atoms with E-state index in [2.05, 4.69) is 9.97 Å². The van der Waals surface area contributed by atoms with Gasteiger partial charge in [0.1, 0.15) is 27.8 Å². The maximum absolute atomic E-state index is 13.2. The number of thioether (sulfide) groups is 1. The van der Waals surface area contributed by atoms with E-state index in [9.17, 15) is 13.9 Å². The fraction of sp³-hybridized carbons (Fsp3) is 0.100. The number of aromatic nitrogens is 2. The van der Waals surface area contributed by atoms with Crippen LogP contribution in [0.3, 0.4) is 0 Å². The molecule has 2 heterocycles. The van der Waals surface area contributed by atoms with Crippen molar-refractivity contribution in [3.63, 3.8) is 0 Å². The Balaban J connectivity index is 1.62. The van der Waals surface area contributed by atoms with Crippen LogP contribution in [0.25, 0.3) is 21.3 Å². The number of aliphatic hydroxyl groups excluding tert-OH is 1. The highest BCUT2D eigenvalue weighted by Gasteiger charge is 2.16. The Bertz CT molecular complexity index is 1070. The molecule has 2 aromatic heterocycles. The van der Waals surface area contributed by atoms with Gasteiger partial charge in [0.05, 0.1) is 11.5 Å². The van der Waals surface area contributed by atoms with Crippen LogP contribution in [0.2, 0.25) is 0 Å². The predicted molar refractivity (Wildman–Crippen MR) is 105 cm³/mol. The maximum Gasteiger partial charge on any atom is 0.128 e. The van der Waals surface area contributed by atoms with Gasteiger partial charge in [-0.3, -0.25) is 0 Å². The SMILES string of the molecule is O[C@@H](CSc1ncnc2scc(-c3ccc(F)cc3)c12)c1ccc(F)cc1. The summed E-state index contributed by atoms with van der Waals surface area (Å²) in [7, 11) is 0. The Labute approximate surface area is 162 Å². The molecule has 3 nitrogen and oxygen atoms in total. The van der Waals surface area contributed by atoms with E-state index in [1.807, 2.05) is 5.38 Å². The van der Waals surface area contributed by atoms with Gasteiger partial charge in [-0.15, -0.1) is 23.1 Å². The van der Waals surface area contributed by atoms with Crippen LogP contribution in [0.5, 0.6) is 0 Å². The number of hydrogen-bond donors (Lipinski definition) is 1. The van der Waals surface area contributed by atoms with Crippen LogP contribution >= 0.6 is 23.1 Å². The maximum atomic E-state index is 13.2. The molecule has 2 aromatic carbocycles. The van der Waals surface area contributed by atoms with Crippen molar-refractivity contribution in [2.45, 2.75) is 11.1 Å². The van der Waals surface area contributed by atoms with Crippen LogP contribution in [0.1, 0.15) is 11.7 Å². The minimum atomic E-state index is -0.742. The second kappa shape index (κ2) is 7.72. The fourth-order valence-electron chi connectivity index (χ4n) is 2.74. The lowest BCUT2D eigenvalue weighted by Gasteiger charge is -2.11. The number of rotatable bonds is 5. The van der Waals surface area contributed by atoms with Gasteiger partial charge in [0.2, 0.25) is 0 Å². The van der Waals surface area contributed by atoms with Crippen molar-refractivity contribution in [1.82, 2.24) is 9.97 Å². The first-order valence-electron chi connectivity index (χ1n) is 8.16. The average molecular weight is 400 g/mol. The Morgan fingerprint density at radius 2 is 1.63 bits per heavy atom. The molecule has 0 aliphatic carbocycles. The highest BCUT2D eigenvalue weighted by molar-refractivity contribution is 7.99. The molecule has 0 radical (unpaired) electrons. The topological polar surface area (TPSA) is 46.0 Å². The van der Waals surface area contributed by atoms with E-state index < -0.39 is 6.10 Å². The number of halogens is 2. The summed E-state index contributed by atoms with van der Waals surface area (Å²) >= 11 is 2.91. The average Bonchev–Trinajstić information content (AvgIpc) is 3.12. The van der Waals surface area contributed by atoms with E-state index in [0.29, 0.717) is 11.3 Å². The van der Waals surface area contributed by atoms with Crippen molar-refractivity contribution in [2.24, 2.45) is 0 Å².